The van der Waals surface area contributed by atoms with Crippen LogP contribution in [0, 0.1) is 5.82 Å². The van der Waals surface area contributed by atoms with Crippen molar-refractivity contribution < 1.29 is 13.9 Å². The van der Waals surface area contributed by atoms with E-state index in [1.54, 1.807) is 13.2 Å². The van der Waals surface area contributed by atoms with Gasteiger partial charge in [0.1, 0.15) is 17.9 Å². The molecule has 2 aromatic carbocycles. The molecule has 3 aromatic rings. The van der Waals surface area contributed by atoms with E-state index in [9.17, 15) is 9.18 Å². The van der Waals surface area contributed by atoms with Crippen LogP contribution in [-0.4, -0.2) is 23.1 Å². The van der Waals surface area contributed by atoms with E-state index in [1.165, 1.54) is 30.6 Å². The normalized spacial score (nSPS) is 10.2. The molecule has 0 aliphatic heterocycles. The SMILES string of the molecule is COc1ccc(-c2cc(CNC(=O)Nc3ccc(F)cc3)ncn2)cc1. The molecular formula is C19H17FN4O2. The van der Waals surface area contributed by atoms with E-state index in [-0.39, 0.29) is 12.4 Å². The minimum Gasteiger partial charge on any atom is -0.497 e. The van der Waals surface area contributed by atoms with E-state index in [4.69, 9.17) is 4.74 Å². The van der Waals surface area contributed by atoms with Crippen molar-refractivity contribution in [2.75, 3.05) is 12.4 Å². The summed E-state index contributed by atoms with van der Waals surface area (Å²) in [6, 6.07) is 14.4. The second-order valence-electron chi connectivity index (χ2n) is 5.44. The summed E-state index contributed by atoms with van der Waals surface area (Å²) < 4.78 is 18.0. The lowest BCUT2D eigenvalue weighted by Crippen LogP contribution is -2.28. The third-order valence-corrected chi connectivity index (χ3v) is 3.64. The Morgan fingerprint density at radius 3 is 2.50 bits per heavy atom. The highest BCUT2D eigenvalue weighted by molar-refractivity contribution is 5.89. The maximum absolute atomic E-state index is 12.9. The fraction of sp³-hybridized carbons (Fsp3) is 0.105. The number of methoxy groups -OCH3 is 1. The fourth-order valence-electron chi connectivity index (χ4n) is 2.29. The highest BCUT2D eigenvalue weighted by atomic mass is 19.1. The molecular weight excluding hydrogens is 335 g/mol. The number of halogens is 1. The maximum Gasteiger partial charge on any atom is 0.319 e. The van der Waals surface area contributed by atoms with Crippen LogP contribution in [0.1, 0.15) is 5.69 Å². The molecule has 0 unspecified atom stereocenters. The molecule has 0 atom stereocenters. The maximum atomic E-state index is 12.9. The highest BCUT2D eigenvalue weighted by Gasteiger charge is 2.05. The standard InChI is InChI=1S/C19H17FN4O2/c1-26-17-8-2-13(3-9-17)18-10-16(22-12-23-18)11-21-19(25)24-15-6-4-14(20)5-7-15/h2-10,12H,11H2,1H3,(H2,21,24,25). The zero-order valence-corrected chi connectivity index (χ0v) is 14.1. The summed E-state index contributed by atoms with van der Waals surface area (Å²) in [5.41, 5.74) is 2.84. The molecule has 1 heterocycles. The van der Waals surface area contributed by atoms with E-state index < -0.39 is 6.03 Å². The molecule has 0 radical (unpaired) electrons. The zero-order chi connectivity index (χ0) is 18.4. The van der Waals surface area contributed by atoms with Gasteiger partial charge in [-0.15, -0.1) is 0 Å². The summed E-state index contributed by atoms with van der Waals surface area (Å²) in [4.78, 5) is 20.3. The van der Waals surface area contributed by atoms with Gasteiger partial charge in [0.2, 0.25) is 0 Å². The van der Waals surface area contributed by atoms with Gasteiger partial charge < -0.3 is 15.4 Å². The van der Waals surface area contributed by atoms with Gasteiger partial charge in [0, 0.05) is 11.3 Å². The highest BCUT2D eigenvalue weighted by Crippen LogP contribution is 2.20. The van der Waals surface area contributed by atoms with Gasteiger partial charge in [-0.2, -0.15) is 0 Å². The van der Waals surface area contributed by atoms with Crippen LogP contribution in [-0.2, 0) is 6.54 Å². The number of amides is 2. The Bertz CT molecular complexity index is 883. The minimum absolute atomic E-state index is 0.235. The van der Waals surface area contributed by atoms with Crippen molar-refractivity contribution in [1.29, 1.82) is 0 Å². The predicted octanol–water partition coefficient (Wildman–Crippen LogP) is 3.61. The Morgan fingerprint density at radius 1 is 1.08 bits per heavy atom. The van der Waals surface area contributed by atoms with Gasteiger partial charge in [-0.3, -0.25) is 0 Å². The first-order valence-corrected chi connectivity index (χ1v) is 7.90. The monoisotopic (exact) mass is 352 g/mol. The molecule has 26 heavy (non-hydrogen) atoms. The van der Waals surface area contributed by atoms with Crippen molar-refractivity contribution in [2.45, 2.75) is 6.54 Å². The average molecular weight is 352 g/mol. The summed E-state index contributed by atoms with van der Waals surface area (Å²) >= 11 is 0. The van der Waals surface area contributed by atoms with Crippen molar-refractivity contribution in [3.05, 3.63) is 72.4 Å². The van der Waals surface area contributed by atoms with Gasteiger partial charge in [-0.1, -0.05) is 0 Å². The Morgan fingerprint density at radius 2 is 1.81 bits per heavy atom. The van der Waals surface area contributed by atoms with Gasteiger partial charge in [0.15, 0.2) is 0 Å². The van der Waals surface area contributed by atoms with Gasteiger partial charge in [-0.05, 0) is 54.6 Å². The number of ether oxygens (including phenoxy) is 1. The van der Waals surface area contributed by atoms with E-state index in [2.05, 4.69) is 20.6 Å². The van der Waals surface area contributed by atoms with Crippen LogP contribution in [0.15, 0.2) is 60.9 Å². The lowest BCUT2D eigenvalue weighted by Gasteiger charge is -2.08. The Balaban J connectivity index is 1.61. The van der Waals surface area contributed by atoms with E-state index in [0.717, 1.165) is 17.0 Å². The number of urea groups is 1. The molecule has 0 saturated carbocycles. The van der Waals surface area contributed by atoms with Crippen LogP contribution >= 0.6 is 0 Å². The molecule has 6 nitrogen and oxygen atoms in total. The molecule has 3 rings (SSSR count). The molecule has 1 aromatic heterocycles. The number of nitrogens with zero attached hydrogens (tertiary/aromatic N) is 2. The molecule has 7 heteroatoms. The first kappa shape index (κ1) is 17.3. The van der Waals surface area contributed by atoms with Gasteiger partial charge >= 0.3 is 6.03 Å². The van der Waals surface area contributed by atoms with Crippen LogP contribution in [0.3, 0.4) is 0 Å². The number of rotatable bonds is 5. The molecule has 132 valence electrons. The third-order valence-electron chi connectivity index (χ3n) is 3.64. The molecule has 0 fully saturated rings. The van der Waals surface area contributed by atoms with Gasteiger partial charge in [-0.25, -0.2) is 19.2 Å². The summed E-state index contributed by atoms with van der Waals surface area (Å²) in [5.74, 6) is 0.408. The largest absolute Gasteiger partial charge is 0.497 e. The number of carbonyl (C=O) groups excluding carboxylic acids is 1. The number of nitrogens with one attached hydrogen (secondary N) is 2. The summed E-state index contributed by atoms with van der Waals surface area (Å²) in [6.07, 6.45) is 1.45. The first-order valence-electron chi connectivity index (χ1n) is 7.90. The number of anilines is 1. The van der Waals surface area contributed by atoms with Crippen LogP contribution in [0.2, 0.25) is 0 Å². The summed E-state index contributed by atoms with van der Waals surface area (Å²) in [7, 11) is 1.61. The third kappa shape index (κ3) is 4.54. The summed E-state index contributed by atoms with van der Waals surface area (Å²) in [6.45, 7) is 0.235. The van der Waals surface area contributed by atoms with Gasteiger partial charge in [0.05, 0.1) is 25.0 Å². The van der Waals surface area contributed by atoms with Crippen LogP contribution in [0.25, 0.3) is 11.3 Å². The van der Waals surface area contributed by atoms with Crippen molar-refractivity contribution in [3.8, 4) is 17.0 Å². The lowest BCUT2D eigenvalue weighted by molar-refractivity contribution is 0.251. The Hall–Kier alpha value is -3.48. The molecule has 0 aliphatic carbocycles. The van der Waals surface area contributed by atoms with Crippen molar-refractivity contribution >= 4 is 11.7 Å². The topological polar surface area (TPSA) is 76.1 Å². The van der Waals surface area contributed by atoms with E-state index in [1.807, 2.05) is 24.3 Å². The number of hydrogen-bond acceptors (Lipinski definition) is 4. The van der Waals surface area contributed by atoms with E-state index >= 15 is 0 Å². The van der Waals surface area contributed by atoms with Crippen LogP contribution < -0.4 is 15.4 Å². The Kier molecular flexibility index (Phi) is 5.38. The fourth-order valence-corrected chi connectivity index (χ4v) is 2.29. The molecule has 0 spiro atoms. The average Bonchev–Trinajstić information content (AvgIpc) is 2.68. The number of benzene rings is 2. The predicted molar refractivity (Wildman–Crippen MR) is 96.3 cm³/mol. The smallest absolute Gasteiger partial charge is 0.319 e. The summed E-state index contributed by atoms with van der Waals surface area (Å²) in [5, 5.41) is 5.33. The first-order chi connectivity index (χ1) is 12.6. The molecule has 0 aliphatic rings. The van der Waals surface area contributed by atoms with Crippen LogP contribution in [0.4, 0.5) is 14.9 Å². The van der Waals surface area contributed by atoms with Gasteiger partial charge in [0.25, 0.3) is 0 Å². The minimum atomic E-state index is -0.402. The zero-order valence-electron chi connectivity index (χ0n) is 14.1. The number of aromatic nitrogens is 2. The molecule has 0 saturated heterocycles. The lowest BCUT2D eigenvalue weighted by atomic mass is 10.1. The van der Waals surface area contributed by atoms with Crippen LogP contribution in [0.5, 0.6) is 5.75 Å². The number of carbonyl (C=O) groups is 1. The van der Waals surface area contributed by atoms with Crippen molar-refractivity contribution in [2.24, 2.45) is 0 Å². The Labute approximate surface area is 150 Å². The second kappa shape index (κ2) is 8.06. The van der Waals surface area contributed by atoms with Crippen molar-refractivity contribution in [1.82, 2.24) is 15.3 Å². The van der Waals surface area contributed by atoms with E-state index in [0.29, 0.717) is 11.4 Å². The molecule has 0 bridgehead atoms. The molecule has 2 N–H and O–H groups in total. The molecule has 2 amide bonds. The van der Waals surface area contributed by atoms with Crippen molar-refractivity contribution in [3.63, 3.8) is 0 Å². The number of hydrogen-bond donors (Lipinski definition) is 2. The quantitative estimate of drug-likeness (QED) is 0.735. The second-order valence-corrected chi connectivity index (χ2v) is 5.44.